The van der Waals surface area contributed by atoms with Crippen LogP contribution < -0.4 is 16.2 Å². The van der Waals surface area contributed by atoms with E-state index in [1.54, 1.807) is 7.11 Å². The normalized spacial score (nSPS) is 16.2. The molecule has 0 radical (unpaired) electrons. The number of methoxy groups -OCH3 is 1. The first-order valence-corrected chi connectivity index (χ1v) is 7.43. The minimum absolute atomic E-state index is 0.402. The van der Waals surface area contributed by atoms with Gasteiger partial charge in [0.15, 0.2) is 5.82 Å². The van der Waals surface area contributed by atoms with Gasteiger partial charge in [0.05, 0.1) is 0 Å². The first-order valence-electron chi connectivity index (χ1n) is 7.43. The fourth-order valence-corrected chi connectivity index (χ4v) is 2.54. The number of anilines is 2. The summed E-state index contributed by atoms with van der Waals surface area (Å²) in [6, 6.07) is 1.88. The largest absolute Gasteiger partial charge is 0.384 e. The molecule has 2 heterocycles. The smallest absolute Gasteiger partial charge is 0.158 e. The van der Waals surface area contributed by atoms with E-state index in [2.05, 4.69) is 20.3 Å². The highest BCUT2D eigenvalue weighted by Gasteiger charge is 2.21. The molecule has 0 spiro atoms. The number of rotatable bonds is 7. The number of nitrogens with zero attached hydrogens (tertiary/aromatic N) is 3. The first-order chi connectivity index (χ1) is 10.3. The van der Waals surface area contributed by atoms with E-state index >= 15 is 0 Å². The maximum absolute atomic E-state index is 5.49. The molecule has 0 amide bonds. The minimum atomic E-state index is 0.402. The molecule has 0 aromatic carbocycles. The number of nitrogens with two attached hydrogens (primary N) is 1. The summed E-state index contributed by atoms with van der Waals surface area (Å²) in [7, 11) is 1.76. The summed E-state index contributed by atoms with van der Waals surface area (Å²) in [4.78, 5) is 11.2. The van der Waals surface area contributed by atoms with Crippen LogP contribution in [0.2, 0.25) is 0 Å². The average Bonchev–Trinajstić information content (AvgIpc) is 2.53. The monoisotopic (exact) mass is 295 g/mol. The lowest BCUT2D eigenvalue weighted by atomic mass is 9.98. The van der Waals surface area contributed by atoms with Crippen molar-refractivity contribution in [1.29, 1.82) is 0 Å². The number of hydrazine groups is 1. The van der Waals surface area contributed by atoms with Crippen molar-refractivity contribution in [3.63, 3.8) is 0 Å². The molecule has 7 nitrogen and oxygen atoms in total. The molecule has 1 fully saturated rings. The first kappa shape index (κ1) is 15.9. The Bertz CT molecular complexity index is 435. The van der Waals surface area contributed by atoms with Crippen LogP contribution in [0.1, 0.15) is 25.6 Å². The van der Waals surface area contributed by atoms with Gasteiger partial charge in [0, 0.05) is 39.5 Å². The molecule has 7 heteroatoms. The maximum atomic E-state index is 5.49. The molecule has 1 saturated heterocycles. The van der Waals surface area contributed by atoms with Gasteiger partial charge in [0.25, 0.3) is 0 Å². The van der Waals surface area contributed by atoms with Crippen molar-refractivity contribution in [3.05, 3.63) is 11.9 Å². The molecule has 0 aliphatic carbocycles. The molecule has 0 unspecified atom stereocenters. The molecule has 21 heavy (non-hydrogen) atoms. The van der Waals surface area contributed by atoms with Crippen LogP contribution in [0.15, 0.2) is 6.07 Å². The predicted molar refractivity (Wildman–Crippen MR) is 82.0 cm³/mol. The van der Waals surface area contributed by atoms with Crippen LogP contribution in [0.5, 0.6) is 0 Å². The van der Waals surface area contributed by atoms with Crippen LogP contribution in [-0.4, -0.2) is 43.4 Å². The van der Waals surface area contributed by atoms with Crippen LogP contribution in [0.25, 0.3) is 0 Å². The Kier molecular flexibility index (Phi) is 6.16. The van der Waals surface area contributed by atoms with Crippen LogP contribution in [0.4, 0.5) is 11.6 Å². The summed E-state index contributed by atoms with van der Waals surface area (Å²) in [5.74, 6) is 8.31. The zero-order chi connectivity index (χ0) is 15.1. The lowest BCUT2D eigenvalue weighted by Crippen LogP contribution is -2.35. The standard InChI is InChI=1S/C14H25N5O2/c1-3-21-10-13-16-12(18-15)8-14(17-13)19-6-4-11(5-7-19)9-20-2/h8,11H,3-7,9-10,15H2,1-2H3,(H,16,17,18). The number of aromatic nitrogens is 2. The molecule has 2 rings (SSSR count). The fourth-order valence-electron chi connectivity index (χ4n) is 2.54. The summed E-state index contributed by atoms with van der Waals surface area (Å²) in [5, 5.41) is 0. The zero-order valence-corrected chi connectivity index (χ0v) is 12.8. The van der Waals surface area contributed by atoms with Crippen LogP contribution in [-0.2, 0) is 16.1 Å². The average molecular weight is 295 g/mol. The molecular weight excluding hydrogens is 270 g/mol. The van der Waals surface area contributed by atoms with Gasteiger partial charge >= 0.3 is 0 Å². The van der Waals surface area contributed by atoms with Gasteiger partial charge in [-0.1, -0.05) is 0 Å². The van der Waals surface area contributed by atoms with Crippen LogP contribution in [0, 0.1) is 5.92 Å². The molecule has 1 aromatic heterocycles. The molecule has 3 N–H and O–H groups in total. The maximum Gasteiger partial charge on any atom is 0.158 e. The second kappa shape index (κ2) is 8.11. The number of piperidine rings is 1. The molecule has 1 aromatic rings. The van der Waals surface area contributed by atoms with Gasteiger partial charge in [-0.05, 0) is 25.7 Å². The molecule has 1 aliphatic heterocycles. The van der Waals surface area contributed by atoms with Gasteiger partial charge in [0.1, 0.15) is 18.2 Å². The minimum Gasteiger partial charge on any atom is -0.384 e. The third-order valence-electron chi connectivity index (χ3n) is 3.68. The Morgan fingerprint density at radius 1 is 1.38 bits per heavy atom. The third-order valence-corrected chi connectivity index (χ3v) is 3.68. The van der Waals surface area contributed by atoms with E-state index in [1.165, 1.54) is 0 Å². The number of hydrogen-bond donors (Lipinski definition) is 2. The Labute approximate surface area is 125 Å². The summed E-state index contributed by atoms with van der Waals surface area (Å²) in [6.07, 6.45) is 2.23. The number of nitrogens with one attached hydrogen (secondary N) is 1. The second-order valence-electron chi connectivity index (χ2n) is 5.19. The molecule has 1 aliphatic rings. The van der Waals surface area contributed by atoms with E-state index in [1.807, 2.05) is 13.0 Å². The summed E-state index contributed by atoms with van der Waals surface area (Å²) in [5.41, 5.74) is 2.60. The molecule has 0 bridgehead atoms. The predicted octanol–water partition coefficient (Wildman–Crippen LogP) is 1.16. The number of hydrogen-bond acceptors (Lipinski definition) is 7. The highest BCUT2D eigenvalue weighted by atomic mass is 16.5. The molecule has 0 atom stereocenters. The van der Waals surface area contributed by atoms with Crippen molar-refractivity contribution in [3.8, 4) is 0 Å². The number of ether oxygens (including phenoxy) is 2. The molecule has 118 valence electrons. The third kappa shape index (κ3) is 4.52. The van der Waals surface area contributed by atoms with E-state index in [0.29, 0.717) is 30.8 Å². The van der Waals surface area contributed by atoms with Crippen LogP contribution >= 0.6 is 0 Å². The lowest BCUT2D eigenvalue weighted by Gasteiger charge is -2.32. The van der Waals surface area contributed by atoms with Crippen molar-refractivity contribution in [2.24, 2.45) is 11.8 Å². The van der Waals surface area contributed by atoms with Gasteiger partial charge in [-0.2, -0.15) is 0 Å². The van der Waals surface area contributed by atoms with E-state index in [0.717, 1.165) is 38.4 Å². The Hall–Kier alpha value is -1.44. The topological polar surface area (TPSA) is 85.5 Å². The summed E-state index contributed by atoms with van der Waals surface area (Å²) in [6.45, 7) is 5.78. The van der Waals surface area contributed by atoms with Crippen molar-refractivity contribution in [2.75, 3.05) is 43.7 Å². The van der Waals surface area contributed by atoms with Gasteiger partial charge in [-0.15, -0.1) is 0 Å². The summed E-state index contributed by atoms with van der Waals surface area (Å²) < 4.78 is 10.6. The van der Waals surface area contributed by atoms with E-state index in [9.17, 15) is 0 Å². The fraction of sp³-hybridized carbons (Fsp3) is 0.714. The Balaban J connectivity index is 2.04. The van der Waals surface area contributed by atoms with Crippen molar-refractivity contribution < 1.29 is 9.47 Å². The Morgan fingerprint density at radius 2 is 2.14 bits per heavy atom. The molecular formula is C14H25N5O2. The van der Waals surface area contributed by atoms with E-state index < -0.39 is 0 Å². The van der Waals surface area contributed by atoms with Crippen LogP contribution in [0.3, 0.4) is 0 Å². The number of nitrogen functional groups attached to an aromatic ring is 1. The van der Waals surface area contributed by atoms with Gasteiger partial charge < -0.3 is 19.8 Å². The Morgan fingerprint density at radius 3 is 2.76 bits per heavy atom. The van der Waals surface area contributed by atoms with Crippen molar-refractivity contribution in [1.82, 2.24) is 9.97 Å². The zero-order valence-electron chi connectivity index (χ0n) is 12.8. The SMILES string of the molecule is CCOCc1nc(NN)cc(N2CCC(COC)CC2)n1. The van der Waals surface area contributed by atoms with Crippen molar-refractivity contribution in [2.45, 2.75) is 26.4 Å². The molecule has 0 saturated carbocycles. The quantitative estimate of drug-likeness (QED) is 0.576. The lowest BCUT2D eigenvalue weighted by molar-refractivity contribution is 0.128. The van der Waals surface area contributed by atoms with E-state index in [-0.39, 0.29) is 0 Å². The summed E-state index contributed by atoms with van der Waals surface area (Å²) >= 11 is 0. The second-order valence-corrected chi connectivity index (χ2v) is 5.19. The highest BCUT2D eigenvalue weighted by molar-refractivity contribution is 5.49. The van der Waals surface area contributed by atoms with E-state index in [4.69, 9.17) is 15.3 Å². The van der Waals surface area contributed by atoms with Gasteiger partial charge in [-0.3, -0.25) is 0 Å². The van der Waals surface area contributed by atoms with Gasteiger partial charge in [0.2, 0.25) is 0 Å². The highest BCUT2D eigenvalue weighted by Crippen LogP contribution is 2.23. The van der Waals surface area contributed by atoms with Crippen molar-refractivity contribution >= 4 is 11.6 Å². The van der Waals surface area contributed by atoms with Gasteiger partial charge in [-0.25, -0.2) is 15.8 Å².